The third-order valence-electron chi connectivity index (χ3n) is 3.26. The number of hydrogen-bond acceptors (Lipinski definition) is 4. The van der Waals surface area contributed by atoms with E-state index < -0.39 is 13.0 Å². The minimum absolute atomic E-state index is 0.0157. The van der Waals surface area contributed by atoms with E-state index in [2.05, 4.69) is 0 Å². The lowest BCUT2D eigenvalue weighted by Gasteiger charge is -2.27. The normalized spacial score (nSPS) is 14.5. The molecule has 0 heterocycles. The topological polar surface area (TPSA) is 59.3 Å². The van der Waals surface area contributed by atoms with Crippen molar-refractivity contribution in [3.8, 4) is 6.07 Å². The fourth-order valence-corrected chi connectivity index (χ4v) is 3.92. The number of halogens is 1. The number of nitriles is 1. The molecular formula is C16H17FNO3P. The SMILES string of the molecule is CCOP(=O)(OCC)C(F)(C#N)c1ccc2ccccc2c1. The molecule has 0 saturated heterocycles. The lowest BCUT2D eigenvalue weighted by Crippen LogP contribution is -2.21. The maximum atomic E-state index is 15.3. The highest BCUT2D eigenvalue weighted by molar-refractivity contribution is 7.55. The van der Waals surface area contributed by atoms with Crippen molar-refractivity contribution in [2.45, 2.75) is 19.3 Å². The number of fused-ring (bicyclic) bond motifs is 1. The molecule has 0 aromatic heterocycles. The number of nitrogens with zero attached hydrogens (tertiary/aromatic N) is 1. The van der Waals surface area contributed by atoms with Crippen molar-refractivity contribution in [1.82, 2.24) is 0 Å². The number of alkyl halides is 1. The monoisotopic (exact) mass is 321 g/mol. The van der Waals surface area contributed by atoms with Gasteiger partial charge in [0.05, 0.1) is 13.2 Å². The molecule has 22 heavy (non-hydrogen) atoms. The van der Waals surface area contributed by atoms with Gasteiger partial charge in [0.15, 0.2) is 0 Å². The molecule has 0 aliphatic rings. The fraction of sp³-hybridized carbons (Fsp3) is 0.312. The molecule has 0 fully saturated rings. The van der Waals surface area contributed by atoms with Gasteiger partial charge in [-0.25, -0.2) is 4.39 Å². The maximum Gasteiger partial charge on any atom is 0.386 e. The van der Waals surface area contributed by atoms with Gasteiger partial charge in [-0.1, -0.05) is 36.4 Å². The summed E-state index contributed by atoms with van der Waals surface area (Å²) >= 11 is 0. The van der Waals surface area contributed by atoms with Gasteiger partial charge in [0.2, 0.25) is 0 Å². The van der Waals surface area contributed by atoms with Crippen molar-refractivity contribution in [1.29, 1.82) is 5.26 Å². The molecule has 2 aromatic rings. The Kier molecular flexibility index (Phi) is 4.97. The maximum absolute atomic E-state index is 15.3. The Hall–Kier alpha value is -1.73. The molecule has 0 aliphatic carbocycles. The molecule has 2 aromatic carbocycles. The quantitative estimate of drug-likeness (QED) is 0.720. The van der Waals surface area contributed by atoms with Crippen LogP contribution in [-0.2, 0) is 19.0 Å². The summed E-state index contributed by atoms with van der Waals surface area (Å²) in [4.78, 5) is 0. The summed E-state index contributed by atoms with van der Waals surface area (Å²) in [6.45, 7) is 3.12. The number of benzene rings is 2. The van der Waals surface area contributed by atoms with E-state index in [0.29, 0.717) is 0 Å². The second-order valence-corrected chi connectivity index (χ2v) is 6.76. The summed E-state index contributed by atoms with van der Waals surface area (Å²) in [7, 11) is -4.27. The Balaban J connectivity index is 2.60. The minimum Gasteiger partial charge on any atom is -0.306 e. The molecule has 2 rings (SSSR count). The predicted molar refractivity (Wildman–Crippen MR) is 83.2 cm³/mol. The predicted octanol–water partition coefficient (Wildman–Crippen LogP) is 4.75. The van der Waals surface area contributed by atoms with Crippen LogP contribution < -0.4 is 0 Å². The van der Waals surface area contributed by atoms with E-state index >= 15 is 4.39 Å². The third-order valence-corrected chi connectivity index (χ3v) is 5.56. The fourth-order valence-electron chi connectivity index (χ4n) is 2.23. The van der Waals surface area contributed by atoms with E-state index in [0.717, 1.165) is 10.8 Å². The van der Waals surface area contributed by atoms with Crippen LogP contribution in [0.4, 0.5) is 4.39 Å². The van der Waals surface area contributed by atoms with Crippen LogP contribution in [0.15, 0.2) is 42.5 Å². The van der Waals surface area contributed by atoms with Crippen LogP contribution in [0.2, 0.25) is 0 Å². The Labute approximate surface area is 129 Å². The van der Waals surface area contributed by atoms with E-state index in [1.54, 1.807) is 26.0 Å². The van der Waals surface area contributed by atoms with E-state index in [1.165, 1.54) is 18.2 Å². The Morgan fingerprint density at radius 1 is 1.14 bits per heavy atom. The zero-order valence-electron chi connectivity index (χ0n) is 12.5. The van der Waals surface area contributed by atoms with Crippen molar-refractivity contribution >= 4 is 18.4 Å². The molecule has 0 N–H and O–H groups in total. The van der Waals surface area contributed by atoms with Gasteiger partial charge in [-0.05, 0) is 30.7 Å². The van der Waals surface area contributed by atoms with Crippen molar-refractivity contribution in [3.63, 3.8) is 0 Å². The van der Waals surface area contributed by atoms with E-state index in [9.17, 15) is 9.83 Å². The van der Waals surface area contributed by atoms with Crippen LogP contribution in [0.1, 0.15) is 19.4 Å². The molecule has 116 valence electrons. The lowest BCUT2D eigenvalue weighted by atomic mass is 10.0. The average Bonchev–Trinajstić information content (AvgIpc) is 2.54. The van der Waals surface area contributed by atoms with Crippen LogP contribution in [0.25, 0.3) is 10.8 Å². The molecule has 0 amide bonds. The van der Waals surface area contributed by atoms with Gasteiger partial charge in [-0.2, -0.15) is 5.26 Å². The van der Waals surface area contributed by atoms with Gasteiger partial charge in [-0.15, -0.1) is 0 Å². The Morgan fingerprint density at radius 3 is 2.27 bits per heavy atom. The summed E-state index contributed by atoms with van der Waals surface area (Å²) in [5.74, 6) is 0. The van der Waals surface area contributed by atoms with Crippen LogP contribution >= 0.6 is 7.60 Å². The highest BCUT2D eigenvalue weighted by Gasteiger charge is 2.54. The zero-order valence-corrected chi connectivity index (χ0v) is 13.3. The highest BCUT2D eigenvalue weighted by Crippen LogP contribution is 2.65. The smallest absolute Gasteiger partial charge is 0.306 e. The standard InChI is InChI=1S/C16H17FNO3P/c1-3-20-22(19,21-4-2)16(17,12-18)15-10-9-13-7-5-6-8-14(13)11-15/h5-11H,3-4H2,1-2H3. The second-order valence-electron chi connectivity index (χ2n) is 4.63. The van der Waals surface area contributed by atoms with E-state index in [1.807, 2.05) is 18.2 Å². The number of rotatable bonds is 6. The van der Waals surface area contributed by atoms with Crippen LogP contribution in [0.3, 0.4) is 0 Å². The molecular weight excluding hydrogens is 304 g/mol. The first-order valence-corrected chi connectivity index (χ1v) is 8.53. The van der Waals surface area contributed by atoms with Gasteiger partial charge in [0.25, 0.3) is 0 Å². The molecule has 0 aliphatic heterocycles. The minimum atomic E-state index is -4.27. The van der Waals surface area contributed by atoms with Gasteiger partial charge in [0, 0.05) is 5.56 Å². The summed E-state index contributed by atoms with van der Waals surface area (Å²) in [6.07, 6.45) is 0. The van der Waals surface area contributed by atoms with Gasteiger partial charge >= 0.3 is 13.0 Å². The van der Waals surface area contributed by atoms with Crippen molar-refractivity contribution in [3.05, 3.63) is 48.0 Å². The average molecular weight is 321 g/mol. The third kappa shape index (κ3) is 2.78. The number of hydrogen-bond donors (Lipinski definition) is 0. The Morgan fingerprint density at radius 2 is 1.73 bits per heavy atom. The molecule has 0 saturated carbocycles. The van der Waals surface area contributed by atoms with E-state index in [-0.39, 0.29) is 18.8 Å². The molecule has 0 spiro atoms. The summed E-state index contributed by atoms with van der Waals surface area (Å²) in [5, 5.41) is 8.14. The molecule has 0 radical (unpaired) electrons. The molecule has 4 nitrogen and oxygen atoms in total. The van der Waals surface area contributed by atoms with Crippen LogP contribution in [0, 0.1) is 11.3 Å². The molecule has 1 atom stereocenters. The van der Waals surface area contributed by atoms with Crippen molar-refractivity contribution in [2.75, 3.05) is 13.2 Å². The van der Waals surface area contributed by atoms with Gasteiger partial charge < -0.3 is 9.05 Å². The van der Waals surface area contributed by atoms with Gasteiger partial charge in [-0.3, -0.25) is 4.57 Å². The summed E-state index contributed by atoms with van der Waals surface area (Å²) in [5.41, 5.74) is -0.0288. The molecule has 6 heteroatoms. The van der Waals surface area contributed by atoms with Crippen LogP contribution in [-0.4, -0.2) is 13.2 Å². The zero-order chi connectivity index (χ0) is 16.2. The van der Waals surface area contributed by atoms with Crippen molar-refractivity contribution in [2.24, 2.45) is 0 Å². The largest absolute Gasteiger partial charge is 0.386 e. The van der Waals surface area contributed by atoms with Gasteiger partial charge in [0.1, 0.15) is 6.07 Å². The molecule has 1 unspecified atom stereocenters. The van der Waals surface area contributed by atoms with Crippen LogP contribution in [0.5, 0.6) is 0 Å². The molecule has 0 bridgehead atoms. The Bertz CT molecular complexity index is 748. The first-order valence-electron chi connectivity index (χ1n) is 6.99. The van der Waals surface area contributed by atoms with Crippen molar-refractivity contribution < 1.29 is 18.0 Å². The highest BCUT2D eigenvalue weighted by atomic mass is 31.2. The summed E-state index contributed by atoms with van der Waals surface area (Å²) in [6, 6.07) is 13.4. The summed E-state index contributed by atoms with van der Waals surface area (Å²) < 4.78 is 38.1. The first kappa shape index (κ1) is 16.6. The first-order chi connectivity index (χ1) is 10.5. The van der Waals surface area contributed by atoms with E-state index in [4.69, 9.17) is 9.05 Å². The lowest BCUT2D eigenvalue weighted by molar-refractivity contribution is 0.168. The second kappa shape index (κ2) is 6.58.